The third-order valence-electron chi connectivity index (χ3n) is 3.51. The van der Waals surface area contributed by atoms with Crippen LogP contribution >= 0.6 is 0 Å². The van der Waals surface area contributed by atoms with Crippen molar-refractivity contribution in [2.75, 3.05) is 27.3 Å². The summed E-state index contributed by atoms with van der Waals surface area (Å²) in [5.41, 5.74) is 0. The highest BCUT2D eigenvalue weighted by Crippen LogP contribution is 2.28. The van der Waals surface area contributed by atoms with Gasteiger partial charge in [0.15, 0.2) is 0 Å². The lowest BCUT2D eigenvalue weighted by Crippen LogP contribution is -2.36. The molecule has 0 heterocycles. The first-order chi connectivity index (χ1) is 8.13. The van der Waals surface area contributed by atoms with E-state index >= 15 is 0 Å². The Morgan fingerprint density at radius 1 is 1.47 bits per heavy atom. The smallest absolute Gasteiger partial charge is 0.222 e. The maximum atomic E-state index is 11.8. The molecule has 1 atom stereocenters. The largest absolute Gasteiger partial charge is 0.389 e. The van der Waals surface area contributed by atoms with Gasteiger partial charge in [0, 0.05) is 27.1 Å². The summed E-state index contributed by atoms with van der Waals surface area (Å²) in [6.07, 6.45) is 6.24. The predicted molar refractivity (Wildman–Crippen MR) is 66.7 cm³/mol. The van der Waals surface area contributed by atoms with Crippen molar-refractivity contribution < 1.29 is 14.6 Å². The van der Waals surface area contributed by atoms with Crippen molar-refractivity contribution in [1.82, 2.24) is 4.90 Å². The number of likely N-dealkylation sites (N-methyl/N-ethyl adjacent to an activating group) is 1. The second kappa shape index (κ2) is 7.67. The molecule has 0 aliphatic heterocycles. The quantitative estimate of drug-likeness (QED) is 0.736. The standard InChI is InChI=1S/C13H25NO3/c1-14(9-12(15)10-17-2)13(16)8-7-11-5-3-4-6-11/h11-12,15H,3-10H2,1-2H3. The highest BCUT2D eigenvalue weighted by atomic mass is 16.5. The second-order valence-electron chi connectivity index (χ2n) is 5.07. The minimum absolute atomic E-state index is 0.132. The molecule has 0 aromatic carbocycles. The van der Waals surface area contributed by atoms with E-state index in [1.807, 2.05) is 0 Å². The Labute approximate surface area is 104 Å². The van der Waals surface area contributed by atoms with Crippen molar-refractivity contribution >= 4 is 5.91 Å². The van der Waals surface area contributed by atoms with Gasteiger partial charge in [-0.25, -0.2) is 0 Å². The monoisotopic (exact) mass is 243 g/mol. The van der Waals surface area contributed by atoms with Crippen molar-refractivity contribution in [2.45, 2.75) is 44.6 Å². The predicted octanol–water partition coefficient (Wildman–Crippen LogP) is 1.42. The van der Waals surface area contributed by atoms with Gasteiger partial charge in [0.25, 0.3) is 0 Å². The number of rotatable bonds is 7. The van der Waals surface area contributed by atoms with E-state index < -0.39 is 6.10 Å². The Morgan fingerprint density at radius 3 is 2.71 bits per heavy atom. The van der Waals surface area contributed by atoms with Gasteiger partial charge in [0.2, 0.25) is 5.91 Å². The van der Waals surface area contributed by atoms with Crippen molar-refractivity contribution in [3.05, 3.63) is 0 Å². The molecule has 1 rings (SSSR count). The summed E-state index contributed by atoms with van der Waals surface area (Å²) < 4.78 is 4.84. The molecule has 1 saturated carbocycles. The minimum atomic E-state index is -0.583. The maximum Gasteiger partial charge on any atom is 0.222 e. The molecule has 4 nitrogen and oxygen atoms in total. The summed E-state index contributed by atoms with van der Waals surface area (Å²) in [4.78, 5) is 13.4. The van der Waals surface area contributed by atoms with E-state index in [1.54, 1.807) is 19.1 Å². The van der Waals surface area contributed by atoms with E-state index in [0.29, 0.717) is 13.0 Å². The summed E-state index contributed by atoms with van der Waals surface area (Å²) in [7, 11) is 3.29. The van der Waals surface area contributed by atoms with Crippen LogP contribution in [0.4, 0.5) is 0 Å². The molecule has 0 radical (unpaired) electrons. The van der Waals surface area contributed by atoms with Crippen molar-refractivity contribution in [2.24, 2.45) is 5.92 Å². The van der Waals surface area contributed by atoms with Gasteiger partial charge in [0.1, 0.15) is 0 Å². The number of methoxy groups -OCH3 is 1. The number of nitrogens with zero attached hydrogens (tertiary/aromatic N) is 1. The molecule has 1 N–H and O–H groups in total. The maximum absolute atomic E-state index is 11.8. The van der Waals surface area contributed by atoms with E-state index in [0.717, 1.165) is 12.3 Å². The van der Waals surface area contributed by atoms with Crippen molar-refractivity contribution in [3.8, 4) is 0 Å². The Bertz CT molecular complexity index is 227. The van der Waals surface area contributed by atoms with Crippen LogP contribution in [-0.4, -0.2) is 49.3 Å². The van der Waals surface area contributed by atoms with Gasteiger partial charge < -0.3 is 14.7 Å². The van der Waals surface area contributed by atoms with E-state index in [2.05, 4.69) is 0 Å². The summed E-state index contributed by atoms with van der Waals surface area (Å²) in [6, 6.07) is 0. The molecule has 0 spiro atoms. The Balaban J connectivity index is 2.16. The first-order valence-electron chi connectivity index (χ1n) is 6.54. The summed E-state index contributed by atoms with van der Waals surface area (Å²) in [5.74, 6) is 0.878. The van der Waals surface area contributed by atoms with Gasteiger partial charge >= 0.3 is 0 Å². The molecule has 0 aromatic rings. The number of aliphatic hydroxyl groups is 1. The van der Waals surface area contributed by atoms with E-state index in [1.165, 1.54) is 25.7 Å². The molecule has 1 aliphatic carbocycles. The molecule has 0 bridgehead atoms. The van der Waals surface area contributed by atoms with Gasteiger partial charge in [-0.1, -0.05) is 25.7 Å². The molecular formula is C13H25NO3. The molecule has 1 aliphatic rings. The van der Waals surface area contributed by atoms with Crippen LogP contribution < -0.4 is 0 Å². The lowest BCUT2D eigenvalue weighted by atomic mass is 10.0. The van der Waals surface area contributed by atoms with Crippen LogP contribution in [0.2, 0.25) is 0 Å². The number of hydrogen-bond acceptors (Lipinski definition) is 3. The zero-order valence-corrected chi connectivity index (χ0v) is 11.0. The molecule has 1 fully saturated rings. The molecular weight excluding hydrogens is 218 g/mol. The Kier molecular flexibility index (Phi) is 6.52. The van der Waals surface area contributed by atoms with Crippen LogP contribution in [0.5, 0.6) is 0 Å². The SMILES string of the molecule is COCC(O)CN(C)C(=O)CCC1CCCC1. The van der Waals surface area contributed by atoms with Crippen LogP contribution in [0.1, 0.15) is 38.5 Å². The van der Waals surface area contributed by atoms with Gasteiger partial charge in [-0.2, -0.15) is 0 Å². The fourth-order valence-corrected chi connectivity index (χ4v) is 2.48. The lowest BCUT2D eigenvalue weighted by Gasteiger charge is -2.21. The first kappa shape index (κ1) is 14.5. The molecule has 1 unspecified atom stereocenters. The topological polar surface area (TPSA) is 49.8 Å². The number of hydrogen-bond donors (Lipinski definition) is 1. The summed E-state index contributed by atoms with van der Waals surface area (Å²) in [5, 5.41) is 9.53. The highest BCUT2D eigenvalue weighted by Gasteiger charge is 2.18. The Hall–Kier alpha value is -0.610. The minimum Gasteiger partial charge on any atom is -0.389 e. The summed E-state index contributed by atoms with van der Waals surface area (Å²) in [6.45, 7) is 0.636. The van der Waals surface area contributed by atoms with Crippen molar-refractivity contribution in [3.63, 3.8) is 0 Å². The van der Waals surface area contributed by atoms with Crippen LogP contribution in [-0.2, 0) is 9.53 Å². The number of aliphatic hydroxyl groups excluding tert-OH is 1. The van der Waals surface area contributed by atoms with Crippen LogP contribution in [0.15, 0.2) is 0 Å². The number of amides is 1. The normalized spacial score (nSPS) is 18.3. The zero-order chi connectivity index (χ0) is 12.7. The second-order valence-corrected chi connectivity index (χ2v) is 5.07. The molecule has 0 aromatic heterocycles. The fourth-order valence-electron chi connectivity index (χ4n) is 2.48. The third-order valence-corrected chi connectivity index (χ3v) is 3.51. The third kappa shape index (κ3) is 5.50. The van der Waals surface area contributed by atoms with Crippen molar-refractivity contribution in [1.29, 1.82) is 0 Å². The average Bonchev–Trinajstić information content (AvgIpc) is 2.78. The van der Waals surface area contributed by atoms with Gasteiger partial charge in [-0.3, -0.25) is 4.79 Å². The lowest BCUT2D eigenvalue weighted by molar-refractivity contribution is -0.131. The van der Waals surface area contributed by atoms with E-state index in [-0.39, 0.29) is 12.5 Å². The molecule has 100 valence electrons. The first-order valence-corrected chi connectivity index (χ1v) is 6.54. The summed E-state index contributed by atoms with van der Waals surface area (Å²) >= 11 is 0. The zero-order valence-electron chi connectivity index (χ0n) is 11.0. The Morgan fingerprint density at radius 2 is 2.12 bits per heavy atom. The highest BCUT2D eigenvalue weighted by molar-refractivity contribution is 5.75. The number of carbonyl (C=O) groups is 1. The van der Waals surface area contributed by atoms with Crippen LogP contribution in [0.25, 0.3) is 0 Å². The van der Waals surface area contributed by atoms with Gasteiger partial charge in [-0.05, 0) is 12.3 Å². The fraction of sp³-hybridized carbons (Fsp3) is 0.923. The van der Waals surface area contributed by atoms with Crippen LogP contribution in [0, 0.1) is 5.92 Å². The molecule has 1 amide bonds. The van der Waals surface area contributed by atoms with E-state index in [4.69, 9.17) is 4.74 Å². The van der Waals surface area contributed by atoms with E-state index in [9.17, 15) is 9.90 Å². The van der Waals surface area contributed by atoms with Crippen LogP contribution in [0.3, 0.4) is 0 Å². The number of carbonyl (C=O) groups excluding carboxylic acids is 1. The number of ether oxygens (including phenoxy) is 1. The average molecular weight is 243 g/mol. The van der Waals surface area contributed by atoms with Gasteiger partial charge in [0.05, 0.1) is 12.7 Å². The van der Waals surface area contributed by atoms with Gasteiger partial charge in [-0.15, -0.1) is 0 Å². The molecule has 4 heteroatoms. The molecule has 17 heavy (non-hydrogen) atoms. The molecule has 0 saturated heterocycles.